The van der Waals surface area contributed by atoms with E-state index in [9.17, 15) is 4.79 Å². The standard InChI is InChI=1S/C15H16N2O/c1-11(18)17-10-12-7-8-15(17)14(9-12)16-13-5-3-2-4-6-13/h2-8,12,15H,9-10H2,1H3/b16-14+. The Bertz CT molecular complexity index is 519. The lowest BCUT2D eigenvalue weighted by atomic mass is 9.84. The van der Waals surface area contributed by atoms with Crippen LogP contribution in [0.4, 0.5) is 5.69 Å². The van der Waals surface area contributed by atoms with Gasteiger partial charge in [0.15, 0.2) is 0 Å². The van der Waals surface area contributed by atoms with Crippen LogP contribution in [-0.4, -0.2) is 29.1 Å². The molecule has 1 aliphatic carbocycles. The maximum Gasteiger partial charge on any atom is 0.220 e. The normalized spacial score (nSPS) is 27.8. The van der Waals surface area contributed by atoms with E-state index in [0.29, 0.717) is 5.92 Å². The Balaban J connectivity index is 1.93. The summed E-state index contributed by atoms with van der Waals surface area (Å²) in [6.07, 6.45) is 5.30. The first kappa shape index (κ1) is 11.2. The smallest absolute Gasteiger partial charge is 0.220 e. The Labute approximate surface area is 107 Å². The first-order chi connectivity index (χ1) is 8.74. The molecule has 1 amide bonds. The SMILES string of the molecule is CC(=O)N1CC2C=CC1/C(=N/c1ccccc1)C2. The van der Waals surface area contributed by atoms with Gasteiger partial charge >= 0.3 is 0 Å². The molecule has 1 saturated heterocycles. The van der Waals surface area contributed by atoms with E-state index >= 15 is 0 Å². The minimum absolute atomic E-state index is 0.0627. The Hall–Kier alpha value is -1.90. The van der Waals surface area contributed by atoms with E-state index in [-0.39, 0.29) is 11.9 Å². The van der Waals surface area contributed by atoms with E-state index < -0.39 is 0 Å². The highest BCUT2D eigenvalue weighted by Crippen LogP contribution is 2.29. The molecule has 1 aromatic rings. The molecule has 3 aliphatic rings. The van der Waals surface area contributed by atoms with Crippen LogP contribution in [0.25, 0.3) is 0 Å². The van der Waals surface area contributed by atoms with E-state index in [4.69, 9.17) is 4.99 Å². The van der Waals surface area contributed by atoms with Crippen LogP contribution in [0.2, 0.25) is 0 Å². The first-order valence-corrected chi connectivity index (χ1v) is 6.32. The molecule has 0 spiro atoms. The number of rotatable bonds is 1. The van der Waals surface area contributed by atoms with E-state index in [1.165, 1.54) is 0 Å². The molecule has 0 aromatic heterocycles. The lowest BCUT2D eigenvalue weighted by Gasteiger charge is -2.41. The van der Waals surface area contributed by atoms with Crippen molar-refractivity contribution in [2.45, 2.75) is 19.4 Å². The molecule has 3 heteroatoms. The van der Waals surface area contributed by atoms with Crippen LogP contribution in [0.5, 0.6) is 0 Å². The molecule has 4 rings (SSSR count). The second kappa shape index (κ2) is 4.41. The topological polar surface area (TPSA) is 32.7 Å². The number of aliphatic imine (C=N–C) groups is 1. The molecule has 0 N–H and O–H groups in total. The highest BCUT2D eigenvalue weighted by Gasteiger charge is 2.35. The maximum absolute atomic E-state index is 11.6. The zero-order chi connectivity index (χ0) is 12.5. The number of benzene rings is 1. The summed E-state index contributed by atoms with van der Waals surface area (Å²) in [5, 5.41) is 0. The summed E-state index contributed by atoms with van der Waals surface area (Å²) in [6, 6.07) is 10.0. The van der Waals surface area contributed by atoms with Gasteiger partial charge < -0.3 is 4.90 Å². The quantitative estimate of drug-likeness (QED) is 0.694. The fourth-order valence-corrected chi connectivity index (χ4v) is 2.71. The number of para-hydroxylation sites is 1. The van der Waals surface area contributed by atoms with E-state index in [1.54, 1.807) is 6.92 Å². The Morgan fingerprint density at radius 3 is 2.72 bits per heavy atom. The van der Waals surface area contributed by atoms with Gasteiger partial charge in [-0.1, -0.05) is 30.4 Å². The molecule has 2 bridgehead atoms. The van der Waals surface area contributed by atoms with Crippen molar-refractivity contribution in [1.82, 2.24) is 4.90 Å². The third-order valence-electron chi connectivity index (χ3n) is 3.58. The molecule has 1 fully saturated rings. The summed E-state index contributed by atoms with van der Waals surface area (Å²) in [4.78, 5) is 18.2. The number of nitrogens with zero attached hydrogens (tertiary/aromatic N) is 2. The van der Waals surface area contributed by atoms with Crippen molar-refractivity contribution >= 4 is 17.3 Å². The van der Waals surface area contributed by atoms with E-state index in [1.807, 2.05) is 35.2 Å². The van der Waals surface area contributed by atoms with Crippen molar-refractivity contribution < 1.29 is 4.79 Å². The third kappa shape index (κ3) is 1.96. The fourth-order valence-electron chi connectivity index (χ4n) is 2.71. The summed E-state index contributed by atoms with van der Waals surface area (Å²) >= 11 is 0. The minimum atomic E-state index is 0.0627. The second-order valence-corrected chi connectivity index (χ2v) is 4.90. The van der Waals surface area contributed by atoms with Gasteiger partial charge in [0.05, 0.1) is 11.7 Å². The van der Waals surface area contributed by atoms with E-state index in [0.717, 1.165) is 24.4 Å². The minimum Gasteiger partial charge on any atom is -0.331 e. The average molecular weight is 240 g/mol. The van der Waals surface area contributed by atoms with Gasteiger partial charge in [0.25, 0.3) is 0 Å². The average Bonchev–Trinajstić information content (AvgIpc) is 2.40. The van der Waals surface area contributed by atoms with Crippen LogP contribution in [-0.2, 0) is 4.79 Å². The first-order valence-electron chi connectivity index (χ1n) is 6.32. The number of hydrogen-bond acceptors (Lipinski definition) is 2. The van der Waals surface area contributed by atoms with Gasteiger partial charge in [-0.25, -0.2) is 0 Å². The number of carbonyl (C=O) groups excluding carboxylic acids is 1. The van der Waals surface area contributed by atoms with Crippen LogP contribution >= 0.6 is 0 Å². The molecule has 0 radical (unpaired) electrons. The maximum atomic E-state index is 11.6. The second-order valence-electron chi connectivity index (χ2n) is 4.90. The fraction of sp³-hybridized carbons (Fsp3) is 0.333. The molecule has 2 unspecified atom stereocenters. The zero-order valence-corrected chi connectivity index (χ0v) is 10.4. The monoisotopic (exact) mass is 240 g/mol. The molecule has 18 heavy (non-hydrogen) atoms. The van der Waals surface area contributed by atoms with Crippen LogP contribution in [0, 0.1) is 5.92 Å². The number of amides is 1. The molecule has 1 aromatic carbocycles. The summed E-state index contributed by atoms with van der Waals surface area (Å²) in [6.45, 7) is 2.47. The van der Waals surface area contributed by atoms with Crippen molar-refractivity contribution in [3.05, 3.63) is 42.5 Å². The van der Waals surface area contributed by atoms with E-state index in [2.05, 4.69) is 12.2 Å². The Kier molecular flexibility index (Phi) is 2.74. The van der Waals surface area contributed by atoms with Crippen LogP contribution in [0.3, 0.4) is 0 Å². The molecule has 92 valence electrons. The van der Waals surface area contributed by atoms with Gasteiger partial charge in [0.2, 0.25) is 5.91 Å². The molecular weight excluding hydrogens is 224 g/mol. The van der Waals surface area contributed by atoms with Crippen molar-refractivity contribution in [3.8, 4) is 0 Å². The number of carbonyl (C=O) groups is 1. The predicted octanol–water partition coefficient (Wildman–Crippen LogP) is 2.57. The largest absolute Gasteiger partial charge is 0.331 e. The summed E-state index contributed by atoms with van der Waals surface area (Å²) in [5.41, 5.74) is 2.08. The van der Waals surface area contributed by atoms with Crippen LogP contribution in [0.1, 0.15) is 13.3 Å². The summed E-state index contributed by atoms with van der Waals surface area (Å²) < 4.78 is 0. The molecule has 2 aliphatic heterocycles. The Morgan fingerprint density at radius 1 is 1.28 bits per heavy atom. The molecule has 2 atom stereocenters. The lowest BCUT2D eigenvalue weighted by Crippen LogP contribution is -2.52. The van der Waals surface area contributed by atoms with Crippen molar-refractivity contribution in [3.63, 3.8) is 0 Å². The Morgan fingerprint density at radius 2 is 2.06 bits per heavy atom. The number of fused-ring (bicyclic) bond motifs is 2. The predicted molar refractivity (Wildman–Crippen MR) is 72.0 cm³/mol. The van der Waals surface area contributed by atoms with Gasteiger partial charge in [0.1, 0.15) is 0 Å². The van der Waals surface area contributed by atoms with Gasteiger partial charge in [-0.15, -0.1) is 0 Å². The van der Waals surface area contributed by atoms with Crippen molar-refractivity contribution in [1.29, 1.82) is 0 Å². The zero-order valence-electron chi connectivity index (χ0n) is 10.4. The highest BCUT2D eigenvalue weighted by atomic mass is 16.2. The molecule has 0 saturated carbocycles. The highest BCUT2D eigenvalue weighted by molar-refractivity contribution is 5.98. The van der Waals surface area contributed by atoms with Gasteiger partial charge in [0, 0.05) is 19.2 Å². The van der Waals surface area contributed by atoms with Gasteiger partial charge in [-0.2, -0.15) is 0 Å². The summed E-state index contributed by atoms with van der Waals surface area (Å²) in [7, 11) is 0. The van der Waals surface area contributed by atoms with Crippen LogP contribution in [0.15, 0.2) is 47.5 Å². The van der Waals surface area contributed by atoms with Crippen molar-refractivity contribution in [2.24, 2.45) is 10.9 Å². The van der Waals surface area contributed by atoms with Gasteiger partial charge in [-0.05, 0) is 24.5 Å². The van der Waals surface area contributed by atoms with Crippen LogP contribution < -0.4 is 0 Å². The van der Waals surface area contributed by atoms with Crippen molar-refractivity contribution in [2.75, 3.05) is 6.54 Å². The molecule has 2 heterocycles. The molecular formula is C15H16N2O. The third-order valence-corrected chi connectivity index (χ3v) is 3.58. The lowest BCUT2D eigenvalue weighted by molar-refractivity contribution is -0.130. The number of piperidine rings is 1. The molecule has 3 nitrogen and oxygen atoms in total. The summed E-state index contributed by atoms with van der Waals surface area (Å²) in [5.74, 6) is 0.566. The number of hydrogen-bond donors (Lipinski definition) is 0. The van der Waals surface area contributed by atoms with Gasteiger partial charge in [-0.3, -0.25) is 9.79 Å².